The Bertz CT molecular complexity index is 817. The Balaban J connectivity index is 1.17. The molecule has 35 heavy (non-hydrogen) atoms. The fourth-order valence-electron chi connectivity index (χ4n) is 10.8. The van der Waals surface area contributed by atoms with Crippen molar-refractivity contribution < 1.29 is 19.0 Å². The van der Waals surface area contributed by atoms with Crippen LogP contribution in [-0.2, 0) is 19.0 Å². The van der Waals surface area contributed by atoms with Crippen LogP contribution in [0, 0.1) is 52.3 Å². The third-order valence-electron chi connectivity index (χ3n) is 12.6. The molecule has 0 aromatic rings. The molecule has 198 valence electrons. The van der Waals surface area contributed by atoms with E-state index in [2.05, 4.69) is 34.6 Å². The molecule has 1 spiro atoms. The van der Waals surface area contributed by atoms with Gasteiger partial charge in [-0.15, -0.1) is 0 Å². The SMILES string of the molecule is CCCC(=O)O[C@@H]1CC[C@@]2(C)[C@H](CC[C@H]3[C@H]4C[C@@H]5O[C@]6(CC[C@H](C)CO6)[C@@H](C)[C@@H]5[C@@]4(C)CC[C@@H]32)C1. The van der Waals surface area contributed by atoms with Gasteiger partial charge in [0, 0.05) is 18.8 Å². The number of carbonyl (C=O) groups is 1. The average Bonchev–Trinajstić information content (AvgIpc) is 3.26. The number of ether oxygens (including phenoxy) is 3. The highest BCUT2D eigenvalue weighted by Crippen LogP contribution is 2.71. The highest BCUT2D eigenvalue weighted by molar-refractivity contribution is 5.69. The predicted molar refractivity (Wildman–Crippen MR) is 137 cm³/mol. The summed E-state index contributed by atoms with van der Waals surface area (Å²) in [6, 6.07) is 0. The Labute approximate surface area is 213 Å². The molecule has 0 aromatic carbocycles. The van der Waals surface area contributed by atoms with Crippen molar-refractivity contribution in [2.45, 2.75) is 130 Å². The van der Waals surface area contributed by atoms with E-state index in [1.807, 2.05) is 0 Å². The monoisotopic (exact) mass is 486 g/mol. The number of carbonyl (C=O) groups excluding carboxylic acids is 1. The molecule has 4 aliphatic carbocycles. The van der Waals surface area contributed by atoms with Crippen molar-refractivity contribution in [3.8, 4) is 0 Å². The first-order chi connectivity index (χ1) is 16.7. The highest BCUT2D eigenvalue weighted by atomic mass is 16.7. The van der Waals surface area contributed by atoms with E-state index in [1.54, 1.807) is 0 Å². The summed E-state index contributed by atoms with van der Waals surface area (Å²) in [5.41, 5.74) is 0.823. The summed E-state index contributed by atoms with van der Waals surface area (Å²) in [5.74, 6) is 4.74. The summed E-state index contributed by atoms with van der Waals surface area (Å²) >= 11 is 0. The maximum absolute atomic E-state index is 12.1. The maximum Gasteiger partial charge on any atom is 0.306 e. The third kappa shape index (κ3) is 3.69. The van der Waals surface area contributed by atoms with E-state index in [-0.39, 0.29) is 17.9 Å². The minimum absolute atomic E-state index is 0.0176. The summed E-state index contributed by atoms with van der Waals surface area (Å²) in [7, 11) is 0. The molecular formula is C31H50O4. The van der Waals surface area contributed by atoms with Gasteiger partial charge in [0.05, 0.1) is 12.7 Å². The van der Waals surface area contributed by atoms with Crippen molar-refractivity contribution >= 4 is 5.97 Å². The lowest BCUT2D eigenvalue weighted by Crippen LogP contribution is -2.55. The van der Waals surface area contributed by atoms with Gasteiger partial charge >= 0.3 is 5.97 Å². The van der Waals surface area contributed by atoms with Crippen molar-refractivity contribution in [2.24, 2.45) is 52.3 Å². The smallest absolute Gasteiger partial charge is 0.306 e. The first-order valence-electron chi connectivity index (χ1n) is 15.2. The lowest BCUT2D eigenvalue weighted by atomic mass is 9.44. The van der Waals surface area contributed by atoms with Crippen LogP contribution in [-0.4, -0.2) is 30.6 Å². The normalized spacial score (nSPS) is 55.1. The molecule has 12 atom stereocenters. The van der Waals surface area contributed by atoms with Gasteiger partial charge < -0.3 is 14.2 Å². The minimum atomic E-state index is -0.302. The van der Waals surface area contributed by atoms with Crippen LogP contribution in [0.5, 0.6) is 0 Å². The van der Waals surface area contributed by atoms with Gasteiger partial charge in [-0.1, -0.05) is 34.6 Å². The van der Waals surface area contributed by atoms with Crippen LogP contribution in [0.2, 0.25) is 0 Å². The molecule has 4 nitrogen and oxygen atoms in total. The first-order valence-corrected chi connectivity index (χ1v) is 15.2. The summed E-state index contributed by atoms with van der Waals surface area (Å²) in [5, 5.41) is 0. The van der Waals surface area contributed by atoms with E-state index in [0.717, 1.165) is 56.0 Å². The summed E-state index contributed by atoms with van der Waals surface area (Å²) in [6.45, 7) is 12.9. The Hall–Kier alpha value is -0.610. The molecule has 6 aliphatic rings. The molecule has 0 radical (unpaired) electrons. The molecule has 0 amide bonds. The molecule has 2 saturated heterocycles. The van der Waals surface area contributed by atoms with Crippen molar-refractivity contribution in [1.82, 2.24) is 0 Å². The van der Waals surface area contributed by atoms with E-state index in [4.69, 9.17) is 14.2 Å². The number of rotatable bonds is 3. The fraction of sp³-hybridized carbons (Fsp3) is 0.968. The molecule has 2 aliphatic heterocycles. The molecule has 6 fully saturated rings. The highest BCUT2D eigenvalue weighted by Gasteiger charge is 2.69. The first kappa shape index (κ1) is 24.7. The van der Waals surface area contributed by atoms with Gasteiger partial charge in [-0.05, 0) is 111 Å². The third-order valence-corrected chi connectivity index (χ3v) is 12.6. The van der Waals surface area contributed by atoms with Gasteiger partial charge in [0.25, 0.3) is 0 Å². The van der Waals surface area contributed by atoms with Gasteiger partial charge in [-0.3, -0.25) is 4.79 Å². The molecule has 0 N–H and O–H groups in total. The zero-order valence-electron chi connectivity index (χ0n) is 23.0. The Morgan fingerprint density at radius 3 is 2.49 bits per heavy atom. The van der Waals surface area contributed by atoms with Gasteiger partial charge in [0.1, 0.15) is 6.10 Å². The number of hydrogen-bond donors (Lipinski definition) is 0. The van der Waals surface area contributed by atoms with Gasteiger partial charge in [-0.2, -0.15) is 0 Å². The zero-order valence-corrected chi connectivity index (χ0v) is 23.0. The van der Waals surface area contributed by atoms with Crippen LogP contribution in [0.15, 0.2) is 0 Å². The van der Waals surface area contributed by atoms with E-state index in [1.165, 1.54) is 44.9 Å². The van der Waals surface area contributed by atoms with Gasteiger partial charge in [-0.25, -0.2) is 0 Å². The molecule has 0 aromatic heterocycles. The maximum atomic E-state index is 12.1. The largest absolute Gasteiger partial charge is 0.462 e. The summed E-state index contributed by atoms with van der Waals surface area (Å²) < 4.78 is 19.3. The molecule has 4 saturated carbocycles. The van der Waals surface area contributed by atoms with Crippen molar-refractivity contribution in [2.75, 3.05) is 6.61 Å². The molecule has 0 unspecified atom stereocenters. The summed E-state index contributed by atoms with van der Waals surface area (Å²) in [6.07, 6.45) is 14.4. The Morgan fingerprint density at radius 1 is 0.943 bits per heavy atom. The van der Waals surface area contributed by atoms with Gasteiger partial charge in [0.15, 0.2) is 5.79 Å². The van der Waals surface area contributed by atoms with Crippen molar-refractivity contribution in [3.05, 3.63) is 0 Å². The van der Waals surface area contributed by atoms with Gasteiger partial charge in [0.2, 0.25) is 0 Å². The van der Waals surface area contributed by atoms with Crippen LogP contribution in [0.25, 0.3) is 0 Å². The van der Waals surface area contributed by atoms with Crippen molar-refractivity contribution in [1.29, 1.82) is 0 Å². The molecule has 2 heterocycles. The van der Waals surface area contributed by atoms with Crippen LogP contribution in [0.4, 0.5) is 0 Å². The second-order valence-corrected chi connectivity index (χ2v) is 14.3. The van der Waals surface area contributed by atoms with Crippen molar-refractivity contribution in [3.63, 3.8) is 0 Å². The van der Waals surface area contributed by atoms with Crippen LogP contribution < -0.4 is 0 Å². The molecule has 0 bridgehead atoms. The quantitative estimate of drug-likeness (QED) is 0.398. The van der Waals surface area contributed by atoms with Crippen LogP contribution in [0.3, 0.4) is 0 Å². The Morgan fingerprint density at radius 2 is 1.74 bits per heavy atom. The lowest BCUT2D eigenvalue weighted by molar-refractivity contribution is -0.273. The topological polar surface area (TPSA) is 44.8 Å². The minimum Gasteiger partial charge on any atom is -0.462 e. The average molecular weight is 487 g/mol. The number of esters is 1. The van der Waals surface area contributed by atoms with E-state index in [9.17, 15) is 4.79 Å². The number of fused-ring (bicyclic) bond motifs is 7. The van der Waals surface area contributed by atoms with E-state index >= 15 is 0 Å². The second-order valence-electron chi connectivity index (χ2n) is 14.3. The number of hydrogen-bond acceptors (Lipinski definition) is 4. The lowest BCUT2D eigenvalue weighted by Gasteiger charge is -2.61. The van der Waals surface area contributed by atoms with Crippen LogP contribution >= 0.6 is 0 Å². The molecule has 4 heteroatoms. The molecule has 6 rings (SSSR count). The zero-order chi connectivity index (χ0) is 24.6. The standard InChI is InChI=1S/C31H50O4/c1-6-7-27(32)34-22-11-13-29(4)21(16-22)8-9-23-24(29)12-14-30(5)25(23)17-26-28(30)20(3)31(35-26)15-10-19(2)18-33-31/h19-26,28H,6-18H2,1-5H3/t19-,20-,21+,22+,23+,24-,25+,26-,28-,29-,30-,31+/m0/s1. The Kier molecular flexibility index (Phi) is 6.15. The van der Waals surface area contributed by atoms with E-state index in [0.29, 0.717) is 41.1 Å². The fourth-order valence-corrected chi connectivity index (χ4v) is 10.8. The molecular weight excluding hydrogens is 436 g/mol. The van der Waals surface area contributed by atoms with Crippen LogP contribution in [0.1, 0.15) is 112 Å². The predicted octanol–water partition coefficient (Wildman–Crippen LogP) is 7.14. The second kappa shape index (κ2) is 8.72. The summed E-state index contributed by atoms with van der Waals surface area (Å²) in [4.78, 5) is 12.1. The van der Waals surface area contributed by atoms with E-state index < -0.39 is 0 Å².